The molecule has 0 aromatic rings. The van der Waals surface area contributed by atoms with Gasteiger partial charge in [-0.25, -0.2) is 4.57 Å². The summed E-state index contributed by atoms with van der Waals surface area (Å²) in [5.41, 5.74) is 0.120. The van der Waals surface area contributed by atoms with E-state index in [1.807, 2.05) is 0 Å². The van der Waals surface area contributed by atoms with Gasteiger partial charge in [-0.15, -0.1) is 4.20 Å². The van der Waals surface area contributed by atoms with Crippen molar-refractivity contribution < 1.29 is 17.8 Å². The van der Waals surface area contributed by atoms with Crippen LogP contribution >= 0.6 is 7.91 Å². The summed E-state index contributed by atoms with van der Waals surface area (Å²) in [6, 6.07) is 0. The molecule has 0 bridgehead atoms. The third-order valence-electron chi connectivity index (χ3n) is 2.90. The molecule has 0 spiro atoms. The molecule has 3 atom stereocenters. The molecule has 0 aliphatic heterocycles. The highest BCUT2D eigenvalue weighted by Crippen LogP contribution is 2.54. The molecule has 3 unspecified atom stereocenters. The van der Waals surface area contributed by atoms with E-state index in [1.165, 1.54) is 0 Å². The van der Waals surface area contributed by atoms with Gasteiger partial charge in [-0.3, -0.25) is 9.05 Å². The first-order valence-electron chi connectivity index (χ1n) is 5.87. The molecule has 0 heterocycles. The summed E-state index contributed by atoms with van der Waals surface area (Å²) < 4.78 is 34.1. The Balaban J connectivity index is 2.57. The summed E-state index contributed by atoms with van der Waals surface area (Å²) in [7, 11) is -4.34. The van der Waals surface area contributed by atoms with Crippen molar-refractivity contribution in [1.82, 2.24) is 0 Å². The predicted octanol–water partition coefficient (Wildman–Crippen LogP) is 4.33. The maximum Gasteiger partial charge on any atom is 0.513 e. The third kappa shape index (κ3) is 4.52. The van der Waals surface area contributed by atoms with E-state index in [9.17, 15) is 8.76 Å². The van der Waals surface area contributed by atoms with Crippen LogP contribution in [-0.4, -0.2) is 12.7 Å². The van der Waals surface area contributed by atoms with E-state index in [4.69, 9.17) is 4.52 Å². The van der Waals surface area contributed by atoms with Crippen LogP contribution in [0, 0.1) is 11.3 Å². The van der Waals surface area contributed by atoms with Crippen LogP contribution in [-0.2, 0) is 13.6 Å². The first kappa shape index (κ1) is 14.1. The second-order valence-electron chi connectivity index (χ2n) is 5.49. The Morgan fingerprint density at radius 2 is 2.06 bits per heavy atom. The molecule has 3 nitrogen and oxygen atoms in total. The SMILES string of the molecule is CCOP(=O)(F)OC1CC(C)CC(C)(C)C1. The molecular weight excluding hydrogens is 230 g/mol. The van der Waals surface area contributed by atoms with Crippen molar-refractivity contribution in [3.8, 4) is 0 Å². The zero-order valence-electron chi connectivity index (χ0n) is 10.5. The molecule has 1 fully saturated rings. The molecule has 0 saturated heterocycles. The molecule has 0 amide bonds. The van der Waals surface area contributed by atoms with E-state index < -0.39 is 7.91 Å². The van der Waals surface area contributed by atoms with Crippen LogP contribution < -0.4 is 0 Å². The summed E-state index contributed by atoms with van der Waals surface area (Å²) in [6.45, 7) is 8.04. The van der Waals surface area contributed by atoms with Crippen LogP contribution in [0.3, 0.4) is 0 Å². The van der Waals surface area contributed by atoms with Crippen molar-refractivity contribution in [3.05, 3.63) is 0 Å². The van der Waals surface area contributed by atoms with Crippen LogP contribution in [0.2, 0.25) is 0 Å². The topological polar surface area (TPSA) is 35.5 Å². The smallest absolute Gasteiger partial charge is 0.284 e. The van der Waals surface area contributed by atoms with Gasteiger partial charge in [0.05, 0.1) is 12.7 Å². The van der Waals surface area contributed by atoms with E-state index in [0.717, 1.165) is 19.3 Å². The minimum absolute atomic E-state index is 0.0689. The highest BCUT2D eigenvalue weighted by atomic mass is 31.2. The fraction of sp³-hybridized carbons (Fsp3) is 1.00. The van der Waals surface area contributed by atoms with E-state index in [0.29, 0.717) is 5.92 Å². The Bertz CT molecular complexity index is 280. The molecule has 0 radical (unpaired) electrons. The number of halogens is 1. The first-order valence-corrected chi connectivity index (χ1v) is 7.30. The van der Waals surface area contributed by atoms with Crippen molar-refractivity contribution in [2.24, 2.45) is 11.3 Å². The molecule has 1 aliphatic carbocycles. The summed E-state index contributed by atoms with van der Waals surface area (Å²) in [6.07, 6.45) is 2.29. The number of hydrogen-bond donors (Lipinski definition) is 0. The summed E-state index contributed by atoms with van der Waals surface area (Å²) in [5, 5.41) is 0. The molecule has 0 aromatic carbocycles. The largest absolute Gasteiger partial charge is 0.513 e. The quantitative estimate of drug-likeness (QED) is 0.698. The monoisotopic (exact) mass is 252 g/mol. The zero-order chi connectivity index (χ0) is 12.4. The van der Waals surface area contributed by atoms with Gasteiger partial charge >= 0.3 is 7.91 Å². The van der Waals surface area contributed by atoms with Gasteiger partial charge in [0.2, 0.25) is 0 Å². The molecule has 0 aromatic heterocycles. The predicted molar refractivity (Wildman–Crippen MR) is 62.0 cm³/mol. The summed E-state index contributed by atoms with van der Waals surface area (Å²) >= 11 is 0. The van der Waals surface area contributed by atoms with Gasteiger partial charge in [-0.2, -0.15) is 0 Å². The van der Waals surface area contributed by atoms with Crippen molar-refractivity contribution in [1.29, 1.82) is 0 Å². The van der Waals surface area contributed by atoms with Gasteiger partial charge in [0, 0.05) is 0 Å². The van der Waals surface area contributed by atoms with Crippen LogP contribution in [0.5, 0.6) is 0 Å². The molecule has 1 aliphatic rings. The Morgan fingerprint density at radius 1 is 1.44 bits per heavy atom. The lowest BCUT2D eigenvalue weighted by Crippen LogP contribution is -2.31. The Labute approximate surface area is 97.4 Å². The summed E-state index contributed by atoms with van der Waals surface area (Å²) in [5.74, 6) is 0.468. The molecule has 16 heavy (non-hydrogen) atoms. The average Bonchev–Trinajstić information content (AvgIpc) is 1.96. The molecule has 1 rings (SSSR count). The average molecular weight is 252 g/mol. The highest BCUT2D eigenvalue weighted by Gasteiger charge is 2.37. The van der Waals surface area contributed by atoms with Crippen LogP contribution in [0.4, 0.5) is 4.20 Å². The lowest BCUT2D eigenvalue weighted by atomic mass is 9.72. The first-order chi connectivity index (χ1) is 7.24. The minimum Gasteiger partial charge on any atom is -0.284 e. The number of rotatable bonds is 4. The lowest BCUT2D eigenvalue weighted by molar-refractivity contribution is 0.0345. The van der Waals surface area contributed by atoms with Crippen molar-refractivity contribution in [3.63, 3.8) is 0 Å². The van der Waals surface area contributed by atoms with E-state index in [-0.39, 0.29) is 18.1 Å². The van der Waals surface area contributed by atoms with Gasteiger partial charge < -0.3 is 0 Å². The fourth-order valence-corrected chi connectivity index (χ4v) is 3.59. The van der Waals surface area contributed by atoms with E-state index in [1.54, 1.807) is 6.92 Å². The van der Waals surface area contributed by atoms with Crippen LogP contribution in [0.25, 0.3) is 0 Å². The van der Waals surface area contributed by atoms with Crippen molar-refractivity contribution in [2.75, 3.05) is 6.61 Å². The second kappa shape index (κ2) is 5.16. The molecular formula is C11H22FO3P. The third-order valence-corrected chi connectivity index (χ3v) is 4.02. The van der Waals surface area contributed by atoms with Crippen molar-refractivity contribution in [2.45, 2.75) is 53.1 Å². The normalized spacial score (nSPS) is 33.3. The number of hydrogen-bond acceptors (Lipinski definition) is 3. The fourth-order valence-electron chi connectivity index (χ4n) is 2.70. The maximum atomic E-state index is 13.4. The van der Waals surface area contributed by atoms with Gasteiger partial charge in [0.15, 0.2) is 0 Å². The van der Waals surface area contributed by atoms with Gasteiger partial charge in [0.25, 0.3) is 0 Å². The highest BCUT2D eigenvalue weighted by molar-refractivity contribution is 7.48. The molecule has 0 N–H and O–H groups in total. The van der Waals surface area contributed by atoms with Crippen LogP contribution in [0.1, 0.15) is 47.0 Å². The van der Waals surface area contributed by atoms with Crippen molar-refractivity contribution >= 4 is 7.91 Å². The van der Waals surface area contributed by atoms with Gasteiger partial charge in [-0.1, -0.05) is 20.8 Å². The standard InChI is InChI=1S/C11H22FO3P/c1-5-14-16(12,13)15-10-6-9(2)7-11(3,4)8-10/h9-10H,5-8H2,1-4H3. The Kier molecular flexibility index (Phi) is 4.56. The second-order valence-corrected chi connectivity index (χ2v) is 6.82. The van der Waals surface area contributed by atoms with E-state index >= 15 is 0 Å². The Hall–Kier alpha value is 0.0800. The Morgan fingerprint density at radius 3 is 2.56 bits per heavy atom. The summed E-state index contributed by atoms with van der Waals surface area (Å²) in [4.78, 5) is 0. The zero-order valence-corrected chi connectivity index (χ0v) is 11.4. The van der Waals surface area contributed by atoms with Gasteiger partial charge in [-0.05, 0) is 37.5 Å². The lowest BCUT2D eigenvalue weighted by Gasteiger charge is -2.38. The maximum absolute atomic E-state index is 13.4. The molecule has 1 saturated carbocycles. The van der Waals surface area contributed by atoms with Crippen LogP contribution in [0.15, 0.2) is 0 Å². The molecule has 5 heteroatoms. The van der Waals surface area contributed by atoms with Gasteiger partial charge in [0.1, 0.15) is 0 Å². The van der Waals surface area contributed by atoms with E-state index in [2.05, 4.69) is 25.3 Å². The molecule has 96 valence electrons. The minimum atomic E-state index is -4.34.